The molecule has 0 fully saturated rings. The Morgan fingerprint density at radius 2 is 2.00 bits per heavy atom. The van der Waals surface area contributed by atoms with E-state index in [9.17, 15) is 33.8 Å². The lowest BCUT2D eigenvalue weighted by atomic mass is 9.95. The van der Waals surface area contributed by atoms with Gasteiger partial charge in [0.2, 0.25) is 15.8 Å². The molecule has 2 rings (SSSR count). The molecule has 1 heterocycles. The summed E-state index contributed by atoms with van der Waals surface area (Å²) in [5, 5.41) is 43.3. The number of rotatable bonds is 10. The zero-order valence-electron chi connectivity index (χ0n) is 17.0. The topological polar surface area (TPSA) is 173 Å². The Kier molecular flexibility index (Phi) is 8.07. The van der Waals surface area contributed by atoms with Crippen molar-refractivity contribution in [3.63, 3.8) is 0 Å². The number of nitrogens with zero attached hydrogens (tertiary/aromatic N) is 2. The average molecular weight is 469 g/mol. The lowest BCUT2D eigenvalue weighted by Crippen LogP contribution is -2.37. The molecule has 0 aliphatic rings. The van der Waals surface area contributed by atoms with Crippen molar-refractivity contribution in [1.82, 2.24) is 10.3 Å². The van der Waals surface area contributed by atoms with Crippen LogP contribution in [-0.2, 0) is 16.4 Å². The van der Waals surface area contributed by atoms with Crippen LogP contribution in [0.3, 0.4) is 0 Å². The number of nitrogens with one attached hydrogen (secondary N) is 2. The number of carbonyl (C=O) groups is 1. The monoisotopic (exact) mass is 468 g/mol. The highest BCUT2D eigenvalue weighted by molar-refractivity contribution is 7.92. The third-order valence-electron chi connectivity index (χ3n) is 4.43. The van der Waals surface area contributed by atoms with Crippen LogP contribution in [0.4, 0.5) is 5.13 Å². The van der Waals surface area contributed by atoms with Gasteiger partial charge in [0, 0.05) is 23.1 Å². The van der Waals surface area contributed by atoms with Crippen molar-refractivity contribution in [2.45, 2.75) is 45.1 Å². The summed E-state index contributed by atoms with van der Waals surface area (Å²) >= 11 is 0.963. The van der Waals surface area contributed by atoms with Crippen LogP contribution < -0.4 is 10.0 Å². The van der Waals surface area contributed by atoms with Gasteiger partial charge in [0.1, 0.15) is 5.69 Å². The molecule has 168 valence electrons. The maximum absolute atomic E-state index is 12.7. The molecule has 0 saturated carbocycles. The maximum atomic E-state index is 12.7. The summed E-state index contributed by atoms with van der Waals surface area (Å²) in [5.74, 6) is -2.50. The number of carbonyl (C=O) groups excluding carboxylic acids is 1. The van der Waals surface area contributed by atoms with Gasteiger partial charge in [-0.1, -0.05) is 26.2 Å². The number of benzene rings is 1. The number of anilines is 1. The molecule has 0 aliphatic heterocycles. The maximum Gasteiger partial charge on any atom is 0.271 e. The minimum Gasteiger partial charge on any atom is -0.504 e. The van der Waals surface area contributed by atoms with E-state index in [1.807, 2.05) is 13.0 Å². The highest BCUT2D eigenvalue weighted by Gasteiger charge is 2.23. The molecule has 0 saturated heterocycles. The second-order valence-electron chi connectivity index (χ2n) is 7.01. The van der Waals surface area contributed by atoms with Gasteiger partial charge in [-0.05, 0) is 12.8 Å². The fraction of sp³-hybridized carbons (Fsp3) is 0.421. The van der Waals surface area contributed by atoms with Gasteiger partial charge in [0.05, 0.1) is 17.9 Å². The van der Waals surface area contributed by atoms with E-state index in [1.54, 1.807) is 0 Å². The molecular weight excluding hydrogens is 444 g/mol. The third-order valence-corrected chi connectivity index (χ3v) is 5.88. The van der Waals surface area contributed by atoms with Gasteiger partial charge in [-0.25, -0.2) is 13.4 Å². The van der Waals surface area contributed by atoms with Crippen molar-refractivity contribution < 1.29 is 28.5 Å². The van der Waals surface area contributed by atoms with Crippen LogP contribution in [-0.4, -0.2) is 46.9 Å². The highest BCUT2D eigenvalue weighted by atomic mass is 32.2. The SMILES string of the molecule is CCCCCC(Cc1c(C#N)cc(O)c(O)c1O)NC(=O)c1csc(NS(C)(=O)=O)n1. The summed E-state index contributed by atoms with van der Waals surface area (Å²) in [6.45, 7) is 2.02. The Morgan fingerprint density at radius 1 is 1.29 bits per heavy atom. The zero-order valence-corrected chi connectivity index (χ0v) is 18.7. The molecule has 0 spiro atoms. The largest absolute Gasteiger partial charge is 0.504 e. The molecular formula is C19H24N4O6S2. The standard InChI is InChI=1S/C19H24N4O6S2/c1-3-4-5-6-12(8-13-11(9-20)7-15(24)17(26)16(13)25)21-18(27)14-10-30-19(22-14)23-31(2,28)29/h7,10,12,24-26H,3-6,8H2,1-2H3,(H,21,27)(H,22,23). The predicted octanol–water partition coefficient (Wildman–Crippen LogP) is 2.42. The third kappa shape index (κ3) is 6.73. The van der Waals surface area contributed by atoms with Gasteiger partial charge < -0.3 is 20.6 Å². The Labute approximate surface area is 184 Å². The van der Waals surface area contributed by atoms with E-state index in [0.717, 1.165) is 42.9 Å². The number of aromatic hydroxyl groups is 3. The first-order valence-electron chi connectivity index (χ1n) is 9.46. The molecule has 5 N–H and O–H groups in total. The number of hydrogen-bond acceptors (Lipinski definition) is 9. The summed E-state index contributed by atoms with van der Waals surface area (Å²) in [6.07, 6.45) is 4.17. The van der Waals surface area contributed by atoms with Crippen LogP contribution in [0, 0.1) is 11.3 Å². The molecule has 0 radical (unpaired) electrons. The highest BCUT2D eigenvalue weighted by Crippen LogP contribution is 2.40. The quantitative estimate of drug-likeness (QED) is 0.261. The first-order chi connectivity index (χ1) is 14.6. The van der Waals surface area contributed by atoms with Crippen LogP contribution >= 0.6 is 11.3 Å². The van der Waals surface area contributed by atoms with Gasteiger partial charge >= 0.3 is 0 Å². The van der Waals surface area contributed by atoms with Gasteiger partial charge in [0.25, 0.3) is 5.91 Å². The van der Waals surface area contributed by atoms with Crippen LogP contribution in [0.2, 0.25) is 0 Å². The van der Waals surface area contributed by atoms with E-state index >= 15 is 0 Å². The predicted molar refractivity (Wildman–Crippen MR) is 116 cm³/mol. The van der Waals surface area contributed by atoms with Gasteiger partial charge in [-0.3, -0.25) is 9.52 Å². The van der Waals surface area contributed by atoms with Crippen molar-refractivity contribution in [3.05, 3.63) is 28.3 Å². The fourth-order valence-corrected chi connectivity index (χ4v) is 4.49. The Morgan fingerprint density at radius 3 is 2.61 bits per heavy atom. The second-order valence-corrected chi connectivity index (χ2v) is 9.62. The van der Waals surface area contributed by atoms with Gasteiger partial charge in [-0.2, -0.15) is 5.26 Å². The van der Waals surface area contributed by atoms with E-state index in [4.69, 9.17) is 0 Å². The Hall–Kier alpha value is -3.04. The van der Waals surface area contributed by atoms with Crippen molar-refractivity contribution in [2.75, 3.05) is 11.0 Å². The lowest BCUT2D eigenvalue weighted by Gasteiger charge is -2.20. The summed E-state index contributed by atoms with van der Waals surface area (Å²) in [4.78, 5) is 16.6. The molecule has 12 heteroatoms. The number of amides is 1. The average Bonchev–Trinajstić information content (AvgIpc) is 3.15. The number of sulfonamides is 1. The molecule has 31 heavy (non-hydrogen) atoms. The van der Waals surface area contributed by atoms with Crippen molar-refractivity contribution in [1.29, 1.82) is 5.26 Å². The van der Waals surface area contributed by atoms with Crippen LogP contribution in [0.25, 0.3) is 0 Å². The first-order valence-corrected chi connectivity index (χ1v) is 12.2. The number of nitriles is 1. The van der Waals surface area contributed by atoms with Crippen LogP contribution in [0.5, 0.6) is 17.2 Å². The molecule has 1 aromatic heterocycles. The van der Waals surface area contributed by atoms with Gasteiger partial charge in [-0.15, -0.1) is 11.3 Å². The number of unbranched alkanes of at least 4 members (excludes halogenated alkanes) is 2. The van der Waals surface area contributed by atoms with E-state index in [0.29, 0.717) is 6.42 Å². The zero-order chi connectivity index (χ0) is 23.2. The molecule has 0 aliphatic carbocycles. The fourth-order valence-electron chi connectivity index (χ4n) is 2.95. The van der Waals surface area contributed by atoms with E-state index in [-0.39, 0.29) is 28.4 Å². The summed E-state index contributed by atoms with van der Waals surface area (Å²) < 4.78 is 24.8. The number of phenolic OH excluding ortho intramolecular Hbond substituents is 3. The van der Waals surface area contributed by atoms with E-state index in [2.05, 4.69) is 15.0 Å². The van der Waals surface area contributed by atoms with Crippen LogP contribution in [0.1, 0.15) is 54.2 Å². The molecule has 1 atom stereocenters. The summed E-state index contributed by atoms with van der Waals surface area (Å²) in [5.41, 5.74) is 0.114. The molecule has 1 amide bonds. The minimum absolute atomic E-state index is 0.0177. The molecule has 10 nitrogen and oxygen atoms in total. The number of aromatic nitrogens is 1. The van der Waals surface area contributed by atoms with E-state index in [1.165, 1.54) is 5.38 Å². The van der Waals surface area contributed by atoms with Gasteiger partial charge in [0.15, 0.2) is 16.6 Å². The van der Waals surface area contributed by atoms with E-state index < -0.39 is 39.2 Å². The molecule has 2 aromatic rings. The first kappa shape index (κ1) is 24.2. The number of thiazole rings is 1. The normalized spacial score (nSPS) is 12.2. The molecule has 1 aromatic carbocycles. The summed E-state index contributed by atoms with van der Waals surface area (Å²) in [6, 6.07) is 2.42. The molecule has 1 unspecified atom stereocenters. The minimum atomic E-state index is -3.52. The lowest BCUT2D eigenvalue weighted by molar-refractivity contribution is 0.0929. The number of phenols is 3. The summed E-state index contributed by atoms with van der Waals surface area (Å²) in [7, 11) is -3.52. The Balaban J connectivity index is 2.25. The van der Waals surface area contributed by atoms with Crippen LogP contribution in [0.15, 0.2) is 11.4 Å². The molecule has 0 bridgehead atoms. The number of hydrogen-bond donors (Lipinski definition) is 5. The van der Waals surface area contributed by atoms with Crippen molar-refractivity contribution in [2.24, 2.45) is 0 Å². The second kappa shape index (κ2) is 10.3. The van der Waals surface area contributed by atoms with Crippen molar-refractivity contribution >= 4 is 32.4 Å². The Bertz CT molecular complexity index is 1090. The van der Waals surface area contributed by atoms with Crippen molar-refractivity contribution in [3.8, 4) is 23.3 Å². The smallest absolute Gasteiger partial charge is 0.271 e.